The van der Waals surface area contributed by atoms with Crippen molar-refractivity contribution >= 4 is 33.1 Å². The molecule has 1 nitrogen and oxygen atoms in total. The van der Waals surface area contributed by atoms with Gasteiger partial charge in [0.15, 0.2) is 0 Å². The minimum absolute atomic E-state index is 0.497. The molecular formula is C29H22O. The lowest BCUT2D eigenvalue weighted by Crippen LogP contribution is -2.25. The van der Waals surface area contributed by atoms with Crippen LogP contribution in [0.1, 0.15) is 36.1 Å². The highest BCUT2D eigenvalue weighted by Crippen LogP contribution is 2.65. The molecule has 0 amide bonds. The van der Waals surface area contributed by atoms with Gasteiger partial charge in [-0.25, -0.2) is 0 Å². The topological polar surface area (TPSA) is 13.1 Å². The van der Waals surface area contributed by atoms with Crippen LogP contribution in [0.4, 0.5) is 0 Å². The SMILES string of the molecule is C=C1C(=CC)c2ccccc2C12C(=C)C(=CC)c1ccc3c(oc4ccccc43)c12. The first kappa shape index (κ1) is 17.3. The first-order chi connectivity index (χ1) is 14.6. The molecule has 2 aliphatic rings. The van der Waals surface area contributed by atoms with Crippen molar-refractivity contribution in [2.45, 2.75) is 19.3 Å². The van der Waals surface area contributed by atoms with E-state index in [9.17, 15) is 0 Å². The van der Waals surface area contributed by atoms with Gasteiger partial charge in [0.2, 0.25) is 0 Å². The first-order valence-electron chi connectivity index (χ1n) is 10.4. The normalized spacial score (nSPS) is 22.7. The molecule has 0 saturated carbocycles. The van der Waals surface area contributed by atoms with Crippen molar-refractivity contribution < 1.29 is 4.42 Å². The molecule has 144 valence electrons. The third kappa shape index (κ3) is 1.75. The summed E-state index contributed by atoms with van der Waals surface area (Å²) in [6.45, 7) is 13.5. The van der Waals surface area contributed by atoms with Gasteiger partial charge in [-0.2, -0.15) is 0 Å². The number of allylic oxidation sites excluding steroid dienone is 6. The third-order valence-electron chi connectivity index (χ3n) is 6.97. The van der Waals surface area contributed by atoms with Crippen molar-refractivity contribution in [1.82, 2.24) is 0 Å². The molecule has 4 aromatic rings. The maximum Gasteiger partial charge on any atom is 0.140 e. The summed E-state index contributed by atoms with van der Waals surface area (Å²) in [6, 6.07) is 21.3. The molecule has 1 unspecified atom stereocenters. The minimum Gasteiger partial charge on any atom is -0.456 e. The van der Waals surface area contributed by atoms with Gasteiger partial charge in [-0.3, -0.25) is 0 Å². The second-order valence-electron chi connectivity index (χ2n) is 8.12. The van der Waals surface area contributed by atoms with Crippen LogP contribution in [-0.2, 0) is 5.41 Å². The van der Waals surface area contributed by atoms with Crippen LogP contribution >= 0.6 is 0 Å². The van der Waals surface area contributed by atoms with E-state index in [-0.39, 0.29) is 0 Å². The van der Waals surface area contributed by atoms with E-state index >= 15 is 0 Å². The molecule has 1 aromatic heterocycles. The average molecular weight is 386 g/mol. The second-order valence-corrected chi connectivity index (χ2v) is 8.12. The lowest BCUT2D eigenvalue weighted by molar-refractivity contribution is 0.652. The van der Waals surface area contributed by atoms with Crippen LogP contribution in [-0.4, -0.2) is 0 Å². The predicted molar refractivity (Wildman–Crippen MR) is 127 cm³/mol. The van der Waals surface area contributed by atoms with Gasteiger partial charge in [-0.05, 0) is 65.0 Å². The fourth-order valence-electron chi connectivity index (χ4n) is 5.76. The Morgan fingerprint density at radius 3 is 2.17 bits per heavy atom. The van der Waals surface area contributed by atoms with Crippen molar-refractivity contribution in [2.24, 2.45) is 0 Å². The number of furan rings is 1. The molecule has 1 heterocycles. The molecule has 3 aromatic carbocycles. The van der Waals surface area contributed by atoms with Gasteiger partial charge in [-0.15, -0.1) is 0 Å². The molecule has 2 aliphatic carbocycles. The molecule has 30 heavy (non-hydrogen) atoms. The predicted octanol–water partition coefficient (Wildman–Crippen LogP) is 7.82. The van der Waals surface area contributed by atoms with Crippen molar-refractivity contribution in [2.75, 3.05) is 0 Å². The van der Waals surface area contributed by atoms with Gasteiger partial charge >= 0.3 is 0 Å². The van der Waals surface area contributed by atoms with Crippen LogP contribution in [0.15, 0.2) is 102 Å². The molecule has 1 spiro atoms. The Bertz CT molecular complexity index is 1480. The number of benzene rings is 3. The quantitative estimate of drug-likeness (QED) is 0.300. The van der Waals surface area contributed by atoms with E-state index in [1.807, 2.05) is 12.1 Å². The average Bonchev–Trinajstić information content (AvgIpc) is 3.35. The summed E-state index contributed by atoms with van der Waals surface area (Å²) in [5.41, 5.74) is 10.8. The van der Waals surface area contributed by atoms with Crippen LogP contribution in [0.3, 0.4) is 0 Å². The number of para-hydroxylation sites is 1. The summed E-state index contributed by atoms with van der Waals surface area (Å²) in [5.74, 6) is 0. The largest absolute Gasteiger partial charge is 0.456 e. The smallest absolute Gasteiger partial charge is 0.140 e. The lowest BCUT2D eigenvalue weighted by Gasteiger charge is -2.29. The molecule has 6 rings (SSSR count). The zero-order valence-corrected chi connectivity index (χ0v) is 17.3. The van der Waals surface area contributed by atoms with E-state index in [2.05, 4.69) is 87.7 Å². The van der Waals surface area contributed by atoms with Crippen molar-refractivity contribution in [3.8, 4) is 0 Å². The zero-order valence-electron chi connectivity index (χ0n) is 17.3. The monoisotopic (exact) mass is 386 g/mol. The summed E-state index contributed by atoms with van der Waals surface area (Å²) in [6.07, 6.45) is 4.35. The maximum absolute atomic E-state index is 6.53. The van der Waals surface area contributed by atoms with E-state index in [1.165, 1.54) is 33.4 Å². The van der Waals surface area contributed by atoms with Gasteiger partial charge in [0.25, 0.3) is 0 Å². The molecule has 0 N–H and O–H groups in total. The zero-order chi connectivity index (χ0) is 20.6. The van der Waals surface area contributed by atoms with Gasteiger partial charge in [0.05, 0.1) is 5.41 Å². The van der Waals surface area contributed by atoms with E-state index < -0.39 is 5.41 Å². The van der Waals surface area contributed by atoms with Crippen LogP contribution in [0.5, 0.6) is 0 Å². The third-order valence-corrected chi connectivity index (χ3v) is 6.97. The van der Waals surface area contributed by atoms with E-state index in [0.717, 1.165) is 33.1 Å². The minimum atomic E-state index is -0.497. The highest BCUT2D eigenvalue weighted by Gasteiger charge is 2.54. The van der Waals surface area contributed by atoms with Crippen LogP contribution in [0, 0.1) is 0 Å². The fourth-order valence-corrected chi connectivity index (χ4v) is 5.76. The number of fused-ring (bicyclic) bond motifs is 8. The molecule has 0 bridgehead atoms. The summed E-state index contributed by atoms with van der Waals surface area (Å²) >= 11 is 0. The summed E-state index contributed by atoms with van der Waals surface area (Å²) < 4.78 is 6.53. The fraction of sp³-hybridized carbons (Fsp3) is 0.103. The maximum atomic E-state index is 6.53. The van der Waals surface area contributed by atoms with Crippen LogP contribution in [0.2, 0.25) is 0 Å². The highest BCUT2D eigenvalue weighted by molar-refractivity contribution is 6.12. The van der Waals surface area contributed by atoms with Crippen LogP contribution in [0.25, 0.3) is 33.1 Å². The van der Waals surface area contributed by atoms with Crippen LogP contribution < -0.4 is 0 Å². The summed E-state index contributed by atoms with van der Waals surface area (Å²) in [7, 11) is 0. The standard InChI is InChI=1S/C29H22O/c1-5-19-17(3)29(25-13-9-7-11-21(19)25)18(4)20(6-2)23-15-16-24-22-12-8-10-14-26(22)30-28(24)27(23)29/h5-16H,3-4H2,1-2H3. The Balaban J connectivity index is 1.86. The molecular weight excluding hydrogens is 364 g/mol. The van der Waals surface area contributed by atoms with Gasteiger partial charge in [0, 0.05) is 16.3 Å². The summed E-state index contributed by atoms with van der Waals surface area (Å²) in [5, 5.41) is 2.29. The van der Waals surface area contributed by atoms with Gasteiger partial charge in [0.1, 0.15) is 11.2 Å². The Hall–Kier alpha value is -3.58. The lowest BCUT2D eigenvalue weighted by atomic mass is 9.71. The van der Waals surface area contributed by atoms with Gasteiger partial charge < -0.3 is 4.42 Å². The number of hydrogen-bond acceptors (Lipinski definition) is 1. The van der Waals surface area contributed by atoms with E-state index in [1.54, 1.807) is 0 Å². The van der Waals surface area contributed by atoms with E-state index in [0.29, 0.717) is 0 Å². The molecule has 1 heteroatoms. The molecule has 0 aliphatic heterocycles. The number of hydrogen-bond donors (Lipinski definition) is 0. The Morgan fingerprint density at radius 1 is 0.733 bits per heavy atom. The van der Waals surface area contributed by atoms with Gasteiger partial charge in [-0.1, -0.05) is 73.8 Å². The van der Waals surface area contributed by atoms with Crippen molar-refractivity contribution in [3.63, 3.8) is 0 Å². The molecule has 0 fully saturated rings. The molecule has 0 radical (unpaired) electrons. The van der Waals surface area contributed by atoms with E-state index in [4.69, 9.17) is 4.42 Å². The molecule has 0 saturated heterocycles. The van der Waals surface area contributed by atoms with Crippen molar-refractivity contribution in [1.29, 1.82) is 0 Å². The Morgan fingerprint density at radius 2 is 1.40 bits per heavy atom. The molecule has 1 atom stereocenters. The number of rotatable bonds is 0. The Kier molecular flexibility index (Phi) is 3.30. The first-order valence-corrected chi connectivity index (χ1v) is 10.4. The highest BCUT2D eigenvalue weighted by atomic mass is 16.3. The van der Waals surface area contributed by atoms with Crippen molar-refractivity contribution in [3.05, 3.63) is 119 Å². The summed E-state index contributed by atoms with van der Waals surface area (Å²) in [4.78, 5) is 0. The second kappa shape index (κ2) is 5.73. The Labute approximate surface area is 176 Å².